The van der Waals surface area contributed by atoms with Crippen LogP contribution in [-0.2, 0) is 25.7 Å². The van der Waals surface area contributed by atoms with Gasteiger partial charge in [-0.25, -0.2) is 4.79 Å². The molecule has 0 aliphatic heterocycles. The molecule has 2 unspecified atom stereocenters. The van der Waals surface area contributed by atoms with Gasteiger partial charge in [0, 0.05) is 19.5 Å². The minimum atomic E-state index is -1.12. The first-order chi connectivity index (χ1) is 18.3. The maximum atomic E-state index is 14.0. The van der Waals surface area contributed by atoms with Crippen LogP contribution in [0.5, 0.6) is 0 Å². The number of amides is 4. The summed E-state index contributed by atoms with van der Waals surface area (Å²) in [4.78, 5) is 53.5. The Balaban J connectivity index is 2.48. The van der Waals surface area contributed by atoms with E-state index in [-0.39, 0.29) is 31.8 Å². The average Bonchev–Trinajstić information content (AvgIpc) is 2.85. The van der Waals surface area contributed by atoms with Crippen LogP contribution in [0, 0.1) is 13.8 Å². The molecule has 0 saturated heterocycles. The summed E-state index contributed by atoms with van der Waals surface area (Å²) in [6.07, 6.45) is -0.383. The number of nitrogens with zero attached hydrogens (tertiary/aromatic N) is 1. The molecule has 2 atom stereocenters. The van der Waals surface area contributed by atoms with Crippen molar-refractivity contribution in [2.45, 2.75) is 85.0 Å². The van der Waals surface area contributed by atoms with Gasteiger partial charge in [0.15, 0.2) is 0 Å². The number of carbonyl (C=O) groups is 4. The largest absolute Gasteiger partial charge is 0.444 e. The predicted octanol–water partition coefficient (Wildman–Crippen LogP) is 4.06. The van der Waals surface area contributed by atoms with E-state index in [4.69, 9.17) is 10.5 Å². The van der Waals surface area contributed by atoms with Gasteiger partial charge in [0.25, 0.3) is 0 Å². The minimum absolute atomic E-state index is 0.0289. The van der Waals surface area contributed by atoms with Crippen molar-refractivity contribution in [1.29, 1.82) is 0 Å². The Morgan fingerprint density at radius 3 is 2.26 bits per heavy atom. The van der Waals surface area contributed by atoms with Crippen molar-refractivity contribution >= 4 is 23.8 Å². The molecule has 39 heavy (non-hydrogen) atoms. The highest BCUT2D eigenvalue weighted by molar-refractivity contribution is 5.92. The van der Waals surface area contributed by atoms with Gasteiger partial charge in [0.2, 0.25) is 17.7 Å². The Kier molecular flexibility index (Phi) is 11.5. The summed E-state index contributed by atoms with van der Waals surface area (Å²) in [5, 5.41) is 5.58. The van der Waals surface area contributed by atoms with Crippen molar-refractivity contribution in [1.82, 2.24) is 15.5 Å². The number of hydrogen-bond acceptors (Lipinski definition) is 5. The molecule has 4 N–H and O–H groups in total. The normalized spacial score (nSPS) is 12.7. The molecule has 0 aliphatic rings. The first-order valence-electron chi connectivity index (χ1n) is 13.3. The fraction of sp³-hybridized carbons (Fsp3) is 0.467. The third-order valence-corrected chi connectivity index (χ3v) is 6.01. The summed E-state index contributed by atoms with van der Waals surface area (Å²) in [7, 11) is 0. The zero-order chi connectivity index (χ0) is 29.2. The Hall–Kier alpha value is -3.88. The second-order valence-electron chi connectivity index (χ2n) is 10.7. The van der Waals surface area contributed by atoms with Crippen molar-refractivity contribution in [3.8, 4) is 0 Å². The third kappa shape index (κ3) is 10.1. The molecular formula is C30H42N4O5. The third-order valence-electron chi connectivity index (χ3n) is 6.01. The van der Waals surface area contributed by atoms with Gasteiger partial charge in [-0.05, 0) is 64.2 Å². The lowest BCUT2D eigenvalue weighted by Crippen LogP contribution is -2.53. The van der Waals surface area contributed by atoms with Crippen molar-refractivity contribution in [2.24, 2.45) is 5.73 Å². The second-order valence-corrected chi connectivity index (χ2v) is 10.7. The van der Waals surface area contributed by atoms with Crippen molar-refractivity contribution in [3.05, 3.63) is 70.8 Å². The summed E-state index contributed by atoms with van der Waals surface area (Å²) in [6.45, 7) is 11.4. The van der Waals surface area contributed by atoms with Crippen LogP contribution in [-0.4, -0.2) is 46.9 Å². The summed E-state index contributed by atoms with van der Waals surface area (Å²) in [5.74, 6) is -1.45. The molecule has 0 bridgehead atoms. The minimum Gasteiger partial charge on any atom is -0.444 e. The van der Waals surface area contributed by atoms with Crippen molar-refractivity contribution < 1.29 is 23.9 Å². The molecule has 9 heteroatoms. The zero-order valence-electron chi connectivity index (χ0n) is 23.9. The van der Waals surface area contributed by atoms with Crippen LogP contribution in [0.15, 0.2) is 48.5 Å². The van der Waals surface area contributed by atoms with Crippen LogP contribution in [0.2, 0.25) is 0 Å². The molecule has 2 aromatic rings. The van der Waals surface area contributed by atoms with E-state index in [1.807, 2.05) is 69.3 Å². The first-order valence-corrected chi connectivity index (χ1v) is 13.3. The number of ether oxygens (including phenoxy) is 1. The van der Waals surface area contributed by atoms with E-state index in [0.717, 1.165) is 16.7 Å². The smallest absolute Gasteiger partial charge is 0.408 e. The number of hydrogen-bond donors (Lipinski definition) is 3. The molecule has 0 spiro atoms. The number of carbonyl (C=O) groups excluding carboxylic acids is 4. The summed E-state index contributed by atoms with van der Waals surface area (Å²) >= 11 is 0. The number of nitrogens with two attached hydrogens (primary N) is 1. The van der Waals surface area contributed by atoms with Crippen LogP contribution in [0.3, 0.4) is 0 Å². The number of aryl methyl sites for hydroxylation is 2. The zero-order valence-corrected chi connectivity index (χ0v) is 23.9. The number of rotatable bonds is 12. The number of benzene rings is 2. The van der Waals surface area contributed by atoms with Gasteiger partial charge >= 0.3 is 6.09 Å². The first kappa shape index (κ1) is 31.3. The van der Waals surface area contributed by atoms with E-state index in [2.05, 4.69) is 10.6 Å². The van der Waals surface area contributed by atoms with Crippen LogP contribution >= 0.6 is 0 Å². The highest BCUT2D eigenvalue weighted by Crippen LogP contribution is 2.27. The lowest BCUT2D eigenvalue weighted by molar-refractivity contribution is -0.142. The summed E-state index contributed by atoms with van der Waals surface area (Å²) < 4.78 is 5.36. The van der Waals surface area contributed by atoms with E-state index in [0.29, 0.717) is 12.0 Å². The summed E-state index contributed by atoms with van der Waals surface area (Å²) in [5.41, 5.74) is 8.06. The van der Waals surface area contributed by atoms with Gasteiger partial charge in [-0.3, -0.25) is 14.4 Å². The molecule has 2 aromatic carbocycles. The number of alkyl carbamates (subject to hydrolysis) is 1. The van der Waals surface area contributed by atoms with Crippen LogP contribution in [0.4, 0.5) is 4.79 Å². The van der Waals surface area contributed by atoms with E-state index < -0.39 is 35.6 Å². The topological polar surface area (TPSA) is 131 Å². The molecule has 0 heterocycles. The molecular weight excluding hydrogens is 496 g/mol. The Morgan fingerprint density at radius 2 is 1.69 bits per heavy atom. The lowest BCUT2D eigenvalue weighted by atomic mass is 9.96. The molecule has 0 fully saturated rings. The van der Waals surface area contributed by atoms with Gasteiger partial charge in [0.1, 0.15) is 17.7 Å². The average molecular weight is 539 g/mol. The van der Waals surface area contributed by atoms with Gasteiger partial charge in [-0.1, -0.05) is 61.0 Å². The second kappa shape index (κ2) is 14.3. The highest BCUT2D eigenvalue weighted by atomic mass is 16.6. The maximum Gasteiger partial charge on any atom is 0.408 e. The number of primary amides is 1. The molecule has 9 nitrogen and oxygen atoms in total. The highest BCUT2D eigenvalue weighted by Gasteiger charge is 2.36. The predicted molar refractivity (Wildman–Crippen MR) is 151 cm³/mol. The fourth-order valence-electron chi connectivity index (χ4n) is 4.27. The molecule has 0 radical (unpaired) electrons. The van der Waals surface area contributed by atoms with Gasteiger partial charge in [0.05, 0.1) is 0 Å². The van der Waals surface area contributed by atoms with Gasteiger partial charge in [-0.15, -0.1) is 0 Å². The Morgan fingerprint density at radius 1 is 1.03 bits per heavy atom. The van der Waals surface area contributed by atoms with E-state index >= 15 is 0 Å². The molecule has 4 amide bonds. The maximum absolute atomic E-state index is 14.0. The molecule has 2 rings (SSSR count). The van der Waals surface area contributed by atoms with Crippen LogP contribution in [0.25, 0.3) is 0 Å². The van der Waals surface area contributed by atoms with E-state index in [1.54, 1.807) is 20.8 Å². The molecule has 212 valence electrons. The molecule has 0 aromatic heterocycles. The van der Waals surface area contributed by atoms with Crippen molar-refractivity contribution in [3.63, 3.8) is 0 Å². The van der Waals surface area contributed by atoms with Crippen LogP contribution < -0.4 is 16.4 Å². The standard InChI is InChI=1S/C30H42N4O5/c1-7-17-34(28(37)24(15-16-25(31)35)33-29(38)39-30(4,5)6)26(23-14-13-20(2)18-21(23)3)27(36)32-19-22-11-9-8-10-12-22/h8-14,18,24,26H,7,15-17,19H2,1-6H3,(H2,31,35)(H,32,36)(H,33,38). The SMILES string of the molecule is CCCN(C(=O)C(CCC(N)=O)NC(=O)OC(C)(C)C)C(C(=O)NCc1ccccc1)c1ccc(C)cc1C. The molecule has 0 saturated carbocycles. The van der Waals surface area contributed by atoms with E-state index in [9.17, 15) is 19.2 Å². The van der Waals surface area contributed by atoms with Gasteiger partial charge in [-0.2, -0.15) is 0 Å². The van der Waals surface area contributed by atoms with E-state index in [1.165, 1.54) is 4.90 Å². The number of nitrogens with one attached hydrogen (secondary N) is 2. The van der Waals surface area contributed by atoms with Gasteiger partial charge < -0.3 is 26.0 Å². The molecule has 0 aliphatic carbocycles. The monoisotopic (exact) mass is 538 g/mol. The Labute approximate surface area is 231 Å². The Bertz CT molecular complexity index is 1140. The van der Waals surface area contributed by atoms with Crippen molar-refractivity contribution in [2.75, 3.05) is 6.54 Å². The van der Waals surface area contributed by atoms with Crippen LogP contribution in [0.1, 0.15) is 75.3 Å². The fourth-order valence-corrected chi connectivity index (χ4v) is 4.27. The quantitative estimate of drug-likeness (QED) is 0.375. The lowest BCUT2D eigenvalue weighted by Gasteiger charge is -2.35. The summed E-state index contributed by atoms with van der Waals surface area (Å²) in [6, 6.07) is 13.1.